The lowest BCUT2D eigenvalue weighted by Crippen LogP contribution is -2.25. The number of hydrogen-bond donors (Lipinski definition) is 1. The molecule has 4 rings (SSSR count). The Balaban J connectivity index is 1.69. The van der Waals surface area contributed by atoms with E-state index in [0.717, 1.165) is 29.6 Å². The number of fused-ring (bicyclic) bond motifs is 1. The molecule has 1 aromatic heterocycles. The van der Waals surface area contributed by atoms with Crippen molar-refractivity contribution < 1.29 is 0 Å². The Labute approximate surface area is 152 Å². The zero-order valence-electron chi connectivity index (χ0n) is 14.2. The molecule has 25 heavy (non-hydrogen) atoms. The van der Waals surface area contributed by atoms with E-state index in [1.165, 1.54) is 11.3 Å². The van der Waals surface area contributed by atoms with Crippen LogP contribution in [0.1, 0.15) is 18.3 Å². The number of anilines is 4. The highest BCUT2D eigenvalue weighted by Crippen LogP contribution is 2.37. The molecule has 0 fully saturated rings. The third kappa shape index (κ3) is 3.17. The van der Waals surface area contributed by atoms with E-state index < -0.39 is 0 Å². The average molecular weight is 351 g/mol. The monoisotopic (exact) mass is 350 g/mol. The number of hydrogen-bond acceptors (Lipinski definition) is 4. The predicted octanol–water partition coefficient (Wildman–Crippen LogP) is 5.26. The second kappa shape index (κ2) is 6.37. The van der Waals surface area contributed by atoms with E-state index in [1.54, 1.807) is 0 Å². The van der Waals surface area contributed by atoms with Gasteiger partial charge in [0.05, 0.1) is 0 Å². The van der Waals surface area contributed by atoms with Crippen molar-refractivity contribution in [3.8, 4) is 0 Å². The van der Waals surface area contributed by atoms with E-state index in [1.807, 2.05) is 37.3 Å². The topological polar surface area (TPSA) is 41.1 Å². The lowest BCUT2D eigenvalue weighted by Gasteiger charge is -2.24. The fourth-order valence-electron chi connectivity index (χ4n) is 3.34. The first kappa shape index (κ1) is 15.9. The number of para-hydroxylation sites is 1. The van der Waals surface area contributed by atoms with Gasteiger partial charge in [-0.15, -0.1) is 0 Å². The van der Waals surface area contributed by atoms with Crippen LogP contribution in [0.3, 0.4) is 0 Å². The van der Waals surface area contributed by atoms with E-state index in [4.69, 9.17) is 11.6 Å². The number of aromatic nitrogens is 2. The zero-order chi connectivity index (χ0) is 17.4. The van der Waals surface area contributed by atoms with Crippen LogP contribution in [0.5, 0.6) is 0 Å². The third-order valence-corrected chi connectivity index (χ3v) is 4.65. The van der Waals surface area contributed by atoms with Crippen molar-refractivity contribution in [1.82, 2.24) is 9.97 Å². The average Bonchev–Trinajstić information content (AvgIpc) is 2.92. The van der Waals surface area contributed by atoms with Crippen LogP contribution in [-0.2, 0) is 6.42 Å². The minimum absolute atomic E-state index is 0.370. The molecule has 0 saturated heterocycles. The maximum atomic E-state index is 5.96. The molecule has 1 atom stereocenters. The molecule has 1 unspecified atom stereocenters. The van der Waals surface area contributed by atoms with Crippen LogP contribution in [-0.4, -0.2) is 16.0 Å². The maximum Gasteiger partial charge on any atom is 0.139 e. The van der Waals surface area contributed by atoms with Gasteiger partial charge in [0.15, 0.2) is 0 Å². The lowest BCUT2D eigenvalue weighted by atomic mass is 10.1. The number of benzene rings is 2. The molecule has 2 aromatic carbocycles. The Hall–Kier alpha value is -2.59. The van der Waals surface area contributed by atoms with Crippen LogP contribution in [0.4, 0.5) is 23.0 Å². The molecule has 0 aliphatic carbocycles. The molecule has 1 aliphatic rings. The Morgan fingerprint density at radius 3 is 2.64 bits per heavy atom. The van der Waals surface area contributed by atoms with Crippen LogP contribution < -0.4 is 10.2 Å². The maximum absolute atomic E-state index is 5.96. The van der Waals surface area contributed by atoms with Gasteiger partial charge in [0.25, 0.3) is 0 Å². The molecule has 0 bridgehead atoms. The number of nitrogens with zero attached hydrogens (tertiary/aromatic N) is 3. The Bertz CT molecular complexity index is 908. The van der Waals surface area contributed by atoms with Crippen LogP contribution in [0.15, 0.2) is 54.6 Å². The number of rotatable bonds is 3. The first-order chi connectivity index (χ1) is 12.1. The van der Waals surface area contributed by atoms with Gasteiger partial charge in [-0.3, -0.25) is 0 Å². The van der Waals surface area contributed by atoms with Gasteiger partial charge in [0.1, 0.15) is 17.5 Å². The minimum atomic E-state index is 0.370. The van der Waals surface area contributed by atoms with Crippen LogP contribution in [0.25, 0.3) is 0 Å². The molecule has 0 spiro atoms. The smallest absolute Gasteiger partial charge is 0.139 e. The van der Waals surface area contributed by atoms with Crippen molar-refractivity contribution in [3.05, 3.63) is 71.0 Å². The first-order valence-electron chi connectivity index (χ1n) is 8.35. The Kier molecular flexibility index (Phi) is 4.06. The molecule has 0 radical (unpaired) electrons. The van der Waals surface area contributed by atoms with Crippen LogP contribution in [0, 0.1) is 6.92 Å². The summed E-state index contributed by atoms with van der Waals surface area (Å²) in [7, 11) is 0. The summed E-state index contributed by atoms with van der Waals surface area (Å²) in [5, 5.41) is 4.05. The molecular weight excluding hydrogens is 332 g/mol. The van der Waals surface area contributed by atoms with Gasteiger partial charge >= 0.3 is 0 Å². The fraction of sp³-hybridized carbons (Fsp3) is 0.200. The molecule has 1 aliphatic heterocycles. The highest BCUT2D eigenvalue weighted by molar-refractivity contribution is 6.30. The molecule has 126 valence electrons. The van der Waals surface area contributed by atoms with Gasteiger partial charge in [-0.05, 0) is 56.2 Å². The van der Waals surface area contributed by atoms with E-state index in [2.05, 4.69) is 51.4 Å². The molecule has 2 heterocycles. The first-order valence-corrected chi connectivity index (χ1v) is 8.73. The second-order valence-corrected chi connectivity index (χ2v) is 6.78. The van der Waals surface area contributed by atoms with Crippen molar-refractivity contribution >= 4 is 34.6 Å². The molecule has 4 nitrogen and oxygen atoms in total. The summed E-state index contributed by atoms with van der Waals surface area (Å²) in [6, 6.07) is 18.5. The summed E-state index contributed by atoms with van der Waals surface area (Å²) in [4.78, 5) is 11.5. The normalized spacial score (nSPS) is 16.0. The van der Waals surface area contributed by atoms with Crippen molar-refractivity contribution in [2.24, 2.45) is 0 Å². The molecule has 0 amide bonds. The fourth-order valence-corrected chi connectivity index (χ4v) is 3.46. The molecular formula is C20H19ClN4. The van der Waals surface area contributed by atoms with Crippen molar-refractivity contribution in [1.29, 1.82) is 0 Å². The number of aryl methyl sites for hydroxylation is 1. The molecule has 5 heteroatoms. The van der Waals surface area contributed by atoms with Gasteiger partial charge < -0.3 is 10.2 Å². The summed E-state index contributed by atoms with van der Waals surface area (Å²) >= 11 is 5.96. The van der Waals surface area contributed by atoms with E-state index in [-0.39, 0.29) is 0 Å². The third-order valence-electron chi connectivity index (χ3n) is 4.40. The van der Waals surface area contributed by atoms with Gasteiger partial charge in [-0.2, -0.15) is 0 Å². The molecule has 1 N–H and O–H groups in total. The summed E-state index contributed by atoms with van der Waals surface area (Å²) in [5.41, 5.74) is 3.53. The van der Waals surface area contributed by atoms with E-state index >= 15 is 0 Å². The van der Waals surface area contributed by atoms with Gasteiger partial charge in [-0.1, -0.05) is 29.8 Å². The molecule has 3 aromatic rings. The van der Waals surface area contributed by atoms with Crippen molar-refractivity contribution in [3.63, 3.8) is 0 Å². The quantitative estimate of drug-likeness (QED) is 0.699. The highest BCUT2D eigenvalue weighted by atomic mass is 35.5. The van der Waals surface area contributed by atoms with Crippen LogP contribution >= 0.6 is 11.6 Å². The van der Waals surface area contributed by atoms with E-state index in [0.29, 0.717) is 11.1 Å². The SMILES string of the molecule is Cc1nc(Nc2ccc(Cl)cc2)cc(N2c3ccccc3CC2C)n1. The van der Waals surface area contributed by atoms with E-state index in [9.17, 15) is 0 Å². The Morgan fingerprint density at radius 1 is 1.08 bits per heavy atom. The van der Waals surface area contributed by atoms with Gasteiger partial charge in [0, 0.05) is 28.5 Å². The van der Waals surface area contributed by atoms with Crippen LogP contribution in [0.2, 0.25) is 5.02 Å². The Morgan fingerprint density at radius 2 is 1.84 bits per heavy atom. The number of nitrogens with one attached hydrogen (secondary N) is 1. The standard InChI is InChI=1S/C20H19ClN4/c1-13-11-15-5-3-4-6-18(15)25(13)20-12-19(22-14(2)23-20)24-17-9-7-16(21)8-10-17/h3-10,12-13H,11H2,1-2H3,(H,22,23,24). The summed E-state index contributed by atoms with van der Waals surface area (Å²) < 4.78 is 0. The second-order valence-electron chi connectivity index (χ2n) is 6.34. The van der Waals surface area contributed by atoms with Gasteiger partial charge in [-0.25, -0.2) is 9.97 Å². The largest absolute Gasteiger partial charge is 0.340 e. The molecule has 0 saturated carbocycles. The minimum Gasteiger partial charge on any atom is -0.340 e. The number of halogens is 1. The summed E-state index contributed by atoms with van der Waals surface area (Å²) in [5.74, 6) is 2.44. The lowest BCUT2D eigenvalue weighted by molar-refractivity contribution is 0.747. The zero-order valence-corrected chi connectivity index (χ0v) is 15.0. The van der Waals surface area contributed by atoms with Crippen molar-refractivity contribution in [2.45, 2.75) is 26.3 Å². The van der Waals surface area contributed by atoms with Gasteiger partial charge in [0.2, 0.25) is 0 Å². The predicted molar refractivity (Wildman–Crippen MR) is 103 cm³/mol. The summed E-state index contributed by atoms with van der Waals surface area (Å²) in [6.45, 7) is 4.15. The highest BCUT2D eigenvalue weighted by Gasteiger charge is 2.28. The van der Waals surface area contributed by atoms with Crippen molar-refractivity contribution in [2.75, 3.05) is 10.2 Å². The summed E-state index contributed by atoms with van der Waals surface area (Å²) in [6.07, 6.45) is 1.03.